The SMILES string of the molecule is C=C[s+]1c2ccccc2c2ccccc21. The molecule has 3 aromatic rings. The molecule has 0 saturated carbocycles. The van der Waals surface area contributed by atoms with Crippen molar-refractivity contribution in [3.05, 3.63) is 55.1 Å². The Labute approximate surface area is 91.4 Å². The third-order valence-corrected chi connectivity index (χ3v) is 4.70. The van der Waals surface area contributed by atoms with Gasteiger partial charge in [0.2, 0.25) is 0 Å². The maximum absolute atomic E-state index is 3.95. The van der Waals surface area contributed by atoms with Crippen molar-refractivity contribution in [2.75, 3.05) is 0 Å². The van der Waals surface area contributed by atoms with Gasteiger partial charge in [-0.05, 0) is 30.8 Å². The Morgan fingerprint density at radius 3 is 1.73 bits per heavy atom. The van der Waals surface area contributed by atoms with E-state index in [1.165, 1.54) is 20.2 Å². The van der Waals surface area contributed by atoms with E-state index in [0.29, 0.717) is 0 Å². The molecule has 0 atom stereocenters. The van der Waals surface area contributed by atoms with Gasteiger partial charge in [-0.3, -0.25) is 0 Å². The van der Waals surface area contributed by atoms with E-state index in [1.807, 2.05) is 0 Å². The summed E-state index contributed by atoms with van der Waals surface area (Å²) in [5.41, 5.74) is 0. The normalized spacial score (nSPS) is 10.9. The lowest BCUT2D eigenvalue weighted by Gasteiger charge is -1.83. The number of fused-ring (bicyclic) bond motifs is 3. The summed E-state index contributed by atoms with van der Waals surface area (Å²) in [7, 11) is 0.0798. The minimum Gasteiger partial charge on any atom is -0.0612 e. The van der Waals surface area contributed by atoms with E-state index < -0.39 is 0 Å². The van der Waals surface area contributed by atoms with E-state index in [-0.39, 0.29) is 10.5 Å². The Balaban J connectivity index is 2.68. The third kappa shape index (κ3) is 1.13. The molecule has 0 bridgehead atoms. The van der Waals surface area contributed by atoms with Gasteiger partial charge in [0.15, 0.2) is 9.40 Å². The minimum absolute atomic E-state index is 0.0798. The van der Waals surface area contributed by atoms with Crippen LogP contribution in [0, 0.1) is 0 Å². The number of thiophene rings is 1. The summed E-state index contributed by atoms with van der Waals surface area (Å²) in [6.45, 7) is 3.95. The lowest BCUT2D eigenvalue weighted by Crippen LogP contribution is -1.62. The van der Waals surface area contributed by atoms with Crippen LogP contribution < -0.4 is 0 Å². The highest BCUT2D eigenvalue weighted by molar-refractivity contribution is 7.51. The molecule has 0 aliphatic rings. The maximum atomic E-state index is 3.95. The summed E-state index contributed by atoms with van der Waals surface area (Å²) in [5, 5.41) is 4.80. The molecule has 0 fully saturated rings. The van der Waals surface area contributed by atoms with Crippen LogP contribution in [-0.4, -0.2) is 0 Å². The van der Waals surface area contributed by atoms with Crippen LogP contribution >= 0.6 is 10.5 Å². The first-order valence-corrected chi connectivity index (χ1v) is 6.24. The highest BCUT2D eigenvalue weighted by atomic mass is 32.2. The van der Waals surface area contributed by atoms with E-state index in [4.69, 9.17) is 0 Å². The lowest BCUT2D eigenvalue weighted by atomic mass is 10.2. The fraction of sp³-hybridized carbons (Fsp3) is 0. The largest absolute Gasteiger partial charge is 0.187 e. The molecular formula is C14H11S+. The number of benzene rings is 2. The van der Waals surface area contributed by atoms with Crippen LogP contribution in [0.2, 0.25) is 0 Å². The Kier molecular flexibility index (Phi) is 1.86. The van der Waals surface area contributed by atoms with Crippen LogP contribution in [0.1, 0.15) is 0 Å². The van der Waals surface area contributed by atoms with E-state index in [0.717, 1.165) is 0 Å². The van der Waals surface area contributed by atoms with Gasteiger partial charge >= 0.3 is 0 Å². The smallest absolute Gasteiger partial charge is 0.0612 e. The van der Waals surface area contributed by atoms with Crippen LogP contribution in [0.25, 0.3) is 25.6 Å². The number of hydrogen-bond acceptors (Lipinski definition) is 0. The molecule has 1 aromatic heterocycles. The van der Waals surface area contributed by atoms with Crippen LogP contribution in [-0.2, 0) is 0 Å². The van der Waals surface area contributed by atoms with Crippen LogP contribution in [0.5, 0.6) is 0 Å². The van der Waals surface area contributed by atoms with Crippen molar-refractivity contribution in [3.63, 3.8) is 0 Å². The summed E-state index contributed by atoms with van der Waals surface area (Å²) in [5.74, 6) is 0. The van der Waals surface area contributed by atoms with Gasteiger partial charge in [0.05, 0.1) is 0 Å². The van der Waals surface area contributed by atoms with Gasteiger partial charge in [0.25, 0.3) is 0 Å². The summed E-state index contributed by atoms with van der Waals surface area (Å²) in [6.07, 6.45) is 0. The van der Waals surface area contributed by atoms with Crippen LogP contribution in [0.15, 0.2) is 55.1 Å². The average Bonchev–Trinajstić information content (AvgIpc) is 2.63. The van der Waals surface area contributed by atoms with E-state index in [2.05, 4.69) is 60.5 Å². The highest BCUT2D eigenvalue weighted by Gasteiger charge is 2.17. The predicted molar refractivity (Wildman–Crippen MR) is 70.3 cm³/mol. The summed E-state index contributed by atoms with van der Waals surface area (Å²) in [6, 6.07) is 17.2. The van der Waals surface area contributed by atoms with Crippen molar-refractivity contribution >= 4 is 36.1 Å². The Hall–Kier alpha value is -1.60. The van der Waals surface area contributed by atoms with Crippen LogP contribution in [0.4, 0.5) is 0 Å². The molecule has 0 aliphatic carbocycles. The van der Waals surface area contributed by atoms with Gasteiger partial charge in [-0.1, -0.05) is 24.3 Å². The van der Waals surface area contributed by atoms with E-state index in [1.54, 1.807) is 0 Å². The van der Waals surface area contributed by atoms with Crippen molar-refractivity contribution in [3.8, 4) is 0 Å². The van der Waals surface area contributed by atoms with Gasteiger partial charge < -0.3 is 0 Å². The molecule has 0 nitrogen and oxygen atoms in total. The zero-order chi connectivity index (χ0) is 10.3. The van der Waals surface area contributed by atoms with Crippen molar-refractivity contribution in [1.82, 2.24) is 0 Å². The second-order valence-electron chi connectivity index (χ2n) is 3.50. The Morgan fingerprint density at radius 1 is 0.800 bits per heavy atom. The first kappa shape index (κ1) is 8.69. The first-order valence-electron chi connectivity index (χ1n) is 4.96. The van der Waals surface area contributed by atoms with Gasteiger partial charge in [-0.25, -0.2) is 0 Å². The topological polar surface area (TPSA) is 0 Å². The number of hydrogen-bond donors (Lipinski definition) is 0. The standard InChI is InChI=1S/C14H11S/c1-2-15-13-9-5-3-7-11(13)12-8-4-6-10-14(12)15/h2-10H,1H2/q+1. The minimum atomic E-state index is 0.0798. The van der Waals surface area contributed by atoms with Crippen molar-refractivity contribution in [1.29, 1.82) is 0 Å². The summed E-state index contributed by atoms with van der Waals surface area (Å²) >= 11 is 0. The molecule has 0 unspecified atom stereocenters. The van der Waals surface area contributed by atoms with Crippen molar-refractivity contribution in [2.45, 2.75) is 0 Å². The molecule has 0 spiro atoms. The second kappa shape index (κ2) is 3.21. The molecule has 15 heavy (non-hydrogen) atoms. The van der Waals surface area contributed by atoms with Gasteiger partial charge in [0.1, 0.15) is 5.41 Å². The quantitative estimate of drug-likeness (QED) is 0.505. The van der Waals surface area contributed by atoms with Crippen LogP contribution in [0.3, 0.4) is 0 Å². The molecule has 72 valence electrons. The third-order valence-electron chi connectivity index (χ3n) is 2.70. The fourth-order valence-corrected chi connectivity index (χ4v) is 3.94. The highest BCUT2D eigenvalue weighted by Crippen LogP contribution is 2.43. The second-order valence-corrected chi connectivity index (χ2v) is 5.39. The predicted octanol–water partition coefficient (Wildman–Crippen LogP) is 4.84. The maximum Gasteiger partial charge on any atom is 0.187 e. The molecule has 1 heteroatoms. The monoisotopic (exact) mass is 211 g/mol. The summed E-state index contributed by atoms with van der Waals surface area (Å²) < 4.78 is 2.82. The number of rotatable bonds is 1. The van der Waals surface area contributed by atoms with Gasteiger partial charge in [0, 0.05) is 21.2 Å². The van der Waals surface area contributed by atoms with E-state index in [9.17, 15) is 0 Å². The first-order chi connectivity index (χ1) is 7.42. The average molecular weight is 211 g/mol. The summed E-state index contributed by atoms with van der Waals surface area (Å²) in [4.78, 5) is 0. The molecule has 3 rings (SSSR count). The van der Waals surface area contributed by atoms with Gasteiger partial charge in [-0.15, -0.1) is 0 Å². The Bertz CT molecular complexity index is 593. The van der Waals surface area contributed by atoms with E-state index >= 15 is 0 Å². The van der Waals surface area contributed by atoms with Gasteiger partial charge in [-0.2, -0.15) is 0 Å². The van der Waals surface area contributed by atoms with Crippen molar-refractivity contribution < 1.29 is 0 Å². The Morgan fingerprint density at radius 2 is 1.27 bits per heavy atom. The fourth-order valence-electron chi connectivity index (χ4n) is 2.06. The molecule has 1 heterocycles. The molecule has 0 radical (unpaired) electrons. The lowest BCUT2D eigenvalue weighted by molar-refractivity contribution is 1.84. The molecule has 0 saturated heterocycles. The van der Waals surface area contributed by atoms with Crippen molar-refractivity contribution in [2.24, 2.45) is 0 Å². The zero-order valence-electron chi connectivity index (χ0n) is 8.31. The molecule has 0 aliphatic heterocycles. The molecule has 0 amide bonds. The molecular weight excluding hydrogens is 200 g/mol. The zero-order valence-corrected chi connectivity index (χ0v) is 9.13. The molecule has 2 aromatic carbocycles. The molecule has 0 N–H and O–H groups in total.